The number of thioether (sulfide) groups is 1. The van der Waals surface area contributed by atoms with E-state index >= 15 is 0 Å². The minimum atomic E-state index is 0.699. The van der Waals surface area contributed by atoms with Gasteiger partial charge in [0.1, 0.15) is 5.75 Å². The van der Waals surface area contributed by atoms with Gasteiger partial charge in [-0.2, -0.15) is 0 Å². The summed E-state index contributed by atoms with van der Waals surface area (Å²) in [5.41, 5.74) is 2.99. The van der Waals surface area contributed by atoms with E-state index in [-0.39, 0.29) is 0 Å². The largest absolute Gasteiger partial charge is 0.497 e. The van der Waals surface area contributed by atoms with Crippen LogP contribution in [0.5, 0.6) is 17.2 Å². The number of nitrogens with one attached hydrogen (secondary N) is 1. The van der Waals surface area contributed by atoms with Crippen LogP contribution in [0.15, 0.2) is 40.0 Å². The van der Waals surface area contributed by atoms with Gasteiger partial charge in [0, 0.05) is 11.8 Å². The van der Waals surface area contributed by atoms with Crippen LogP contribution in [0.4, 0.5) is 0 Å². The molecule has 0 fully saturated rings. The second-order valence-electron chi connectivity index (χ2n) is 4.99. The first kappa shape index (κ1) is 17.0. The van der Waals surface area contributed by atoms with E-state index in [2.05, 4.69) is 25.9 Å². The summed E-state index contributed by atoms with van der Waals surface area (Å²) in [5, 5.41) is 0.861. The molecule has 0 saturated heterocycles. The number of benzene rings is 2. The van der Waals surface area contributed by atoms with E-state index in [1.165, 1.54) is 0 Å². The third kappa shape index (κ3) is 3.32. The van der Waals surface area contributed by atoms with Crippen molar-refractivity contribution in [3.63, 3.8) is 0 Å². The maximum atomic E-state index is 5.41. The van der Waals surface area contributed by atoms with Gasteiger partial charge in [0.2, 0.25) is 0 Å². The summed E-state index contributed by atoms with van der Waals surface area (Å²) < 4.78 is 16.9. The lowest BCUT2D eigenvalue weighted by molar-refractivity contribution is 0.353. The number of methoxy groups -OCH3 is 3. The van der Waals surface area contributed by atoms with Crippen LogP contribution in [0, 0.1) is 0 Å². The van der Waals surface area contributed by atoms with E-state index in [0.717, 1.165) is 37.7 Å². The van der Waals surface area contributed by atoms with Gasteiger partial charge in [-0.15, -0.1) is 0 Å². The summed E-state index contributed by atoms with van der Waals surface area (Å²) in [6.45, 7) is 0. The van der Waals surface area contributed by atoms with E-state index < -0.39 is 0 Å². The molecule has 126 valence electrons. The normalized spacial score (nSPS) is 10.8. The van der Waals surface area contributed by atoms with Crippen LogP contribution in [0.2, 0.25) is 0 Å². The second kappa shape index (κ2) is 7.36. The fourth-order valence-corrected chi connectivity index (χ4v) is 4.04. The summed E-state index contributed by atoms with van der Waals surface area (Å²) in [6, 6.07) is 9.72. The monoisotopic (exact) mass is 408 g/mol. The Morgan fingerprint density at radius 2 is 1.92 bits per heavy atom. The SMILES string of the molecule is COc1ccc2nc(SCc3ccc(OC)c(OC)c3Br)[nH]c2c1. The first-order valence-electron chi connectivity index (χ1n) is 7.22. The number of ether oxygens (including phenoxy) is 3. The maximum Gasteiger partial charge on any atom is 0.175 e. The van der Waals surface area contributed by atoms with E-state index in [4.69, 9.17) is 14.2 Å². The molecular formula is C17H17BrN2O3S. The molecule has 0 radical (unpaired) electrons. The van der Waals surface area contributed by atoms with E-state index in [9.17, 15) is 0 Å². The first-order chi connectivity index (χ1) is 11.7. The van der Waals surface area contributed by atoms with Crippen molar-refractivity contribution >= 4 is 38.7 Å². The molecule has 1 aromatic heterocycles. The lowest BCUT2D eigenvalue weighted by atomic mass is 10.2. The maximum absolute atomic E-state index is 5.41. The molecule has 1 heterocycles. The van der Waals surface area contributed by atoms with Crippen LogP contribution < -0.4 is 14.2 Å². The highest BCUT2D eigenvalue weighted by Crippen LogP contribution is 2.39. The molecule has 0 saturated carbocycles. The van der Waals surface area contributed by atoms with Gasteiger partial charge in [-0.3, -0.25) is 0 Å². The quantitative estimate of drug-likeness (QED) is 0.601. The van der Waals surface area contributed by atoms with E-state index in [0.29, 0.717) is 11.5 Å². The zero-order chi connectivity index (χ0) is 17.1. The number of hydrogen-bond acceptors (Lipinski definition) is 5. The highest BCUT2D eigenvalue weighted by molar-refractivity contribution is 9.10. The van der Waals surface area contributed by atoms with Crippen molar-refractivity contribution in [2.45, 2.75) is 10.9 Å². The summed E-state index contributed by atoms with van der Waals surface area (Å²) in [7, 11) is 4.91. The summed E-state index contributed by atoms with van der Waals surface area (Å²) in [6.07, 6.45) is 0. The zero-order valence-electron chi connectivity index (χ0n) is 13.6. The molecule has 0 aliphatic rings. The van der Waals surface area contributed by atoms with Gasteiger partial charge in [0.25, 0.3) is 0 Å². The molecule has 0 atom stereocenters. The minimum Gasteiger partial charge on any atom is -0.497 e. The topological polar surface area (TPSA) is 56.4 Å². The minimum absolute atomic E-state index is 0.699. The van der Waals surface area contributed by atoms with Gasteiger partial charge in [-0.1, -0.05) is 17.8 Å². The van der Waals surface area contributed by atoms with Crippen molar-refractivity contribution in [2.24, 2.45) is 0 Å². The van der Waals surface area contributed by atoms with Crippen LogP contribution in [-0.4, -0.2) is 31.3 Å². The van der Waals surface area contributed by atoms with Crippen LogP contribution in [0.3, 0.4) is 0 Å². The fraction of sp³-hybridized carbons (Fsp3) is 0.235. The van der Waals surface area contributed by atoms with Crippen molar-refractivity contribution in [1.82, 2.24) is 9.97 Å². The van der Waals surface area contributed by atoms with Crippen LogP contribution in [0.25, 0.3) is 11.0 Å². The Morgan fingerprint density at radius 3 is 2.62 bits per heavy atom. The number of imidazole rings is 1. The number of hydrogen-bond donors (Lipinski definition) is 1. The molecule has 0 bridgehead atoms. The first-order valence-corrected chi connectivity index (χ1v) is 9.00. The van der Waals surface area contributed by atoms with Crippen molar-refractivity contribution in [2.75, 3.05) is 21.3 Å². The van der Waals surface area contributed by atoms with Crippen LogP contribution in [0.1, 0.15) is 5.56 Å². The van der Waals surface area contributed by atoms with Gasteiger partial charge in [-0.25, -0.2) is 4.98 Å². The lowest BCUT2D eigenvalue weighted by Crippen LogP contribution is -1.94. The Labute approximate surface area is 152 Å². The van der Waals surface area contributed by atoms with Crippen LogP contribution in [-0.2, 0) is 5.75 Å². The predicted octanol–water partition coefficient (Wildman–Crippen LogP) is 4.64. The van der Waals surface area contributed by atoms with Gasteiger partial charge < -0.3 is 19.2 Å². The highest BCUT2D eigenvalue weighted by Gasteiger charge is 2.13. The van der Waals surface area contributed by atoms with Crippen molar-refractivity contribution in [1.29, 1.82) is 0 Å². The third-order valence-corrected chi connectivity index (χ3v) is 5.39. The second-order valence-corrected chi connectivity index (χ2v) is 6.74. The standard InChI is InChI=1S/C17H17BrN2O3S/c1-21-11-5-6-12-13(8-11)20-17(19-12)24-9-10-4-7-14(22-2)16(23-3)15(10)18/h4-8H,9H2,1-3H3,(H,19,20). The molecular weight excluding hydrogens is 392 g/mol. The molecule has 24 heavy (non-hydrogen) atoms. The molecule has 5 nitrogen and oxygen atoms in total. The smallest absolute Gasteiger partial charge is 0.175 e. The Balaban J connectivity index is 1.80. The number of aromatic amines is 1. The molecule has 1 N–H and O–H groups in total. The Bertz CT molecular complexity index is 866. The molecule has 0 unspecified atom stereocenters. The summed E-state index contributed by atoms with van der Waals surface area (Å²) in [5.74, 6) is 2.96. The number of nitrogens with zero attached hydrogens (tertiary/aromatic N) is 1. The average molecular weight is 409 g/mol. The number of rotatable bonds is 6. The Morgan fingerprint density at radius 1 is 1.08 bits per heavy atom. The molecule has 0 aliphatic heterocycles. The van der Waals surface area contributed by atoms with E-state index in [1.807, 2.05) is 30.3 Å². The van der Waals surface area contributed by atoms with Gasteiger partial charge in [0.05, 0.1) is 36.8 Å². The average Bonchev–Trinajstić information content (AvgIpc) is 3.02. The summed E-state index contributed by atoms with van der Waals surface area (Å²) >= 11 is 5.22. The van der Waals surface area contributed by atoms with Gasteiger partial charge in [0.15, 0.2) is 16.7 Å². The van der Waals surface area contributed by atoms with Crippen LogP contribution >= 0.6 is 27.7 Å². The van der Waals surface area contributed by atoms with Crippen molar-refractivity contribution in [3.05, 3.63) is 40.4 Å². The van der Waals surface area contributed by atoms with Gasteiger partial charge >= 0.3 is 0 Å². The van der Waals surface area contributed by atoms with Crippen molar-refractivity contribution < 1.29 is 14.2 Å². The Kier molecular flexibility index (Phi) is 5.20. The molecule has 0 aliphatic carbocycles. The number of aromatic nitrogens is 2. The molecule has 2 aromatic carbocycles. The zero-order valence-corrected chi connectivity index (χ0v) is 16.0. The fourth-order valence-electron chi connectivity index (χ4n) is 2.35. The summed E-state index contributed by atoms with van der Waals surface area (Å²) in [4.78, 5) is 7.90. The molecule has 0 amide bonds. The molecule has 0 spiro atoms. The number of fused-ring (bicyclic) bond motifs is 1. The predicted molar refractivity (Wildman–Crippen MR) is 99.5 cm³/mol. The number of halogens is 1. The molecule has 7 heteroatoms. The van der Waals surface area contributed by atoms with Gasteiger partial charge in [-0.05, 0) is 39.7 Å². The number of H-pyrrole nitrogens is 1. The van der Waals surface area contributed by atoms with E-state index in [1.54, 1.807) is 33.1 Å². The molecule has 3 rings (SSSR count). The van der Waals surface area contributed by atoms with Crippen molar-refractivity contribution in [3.8, 4) is 17.2 Å². The Hall–Kier alpha value is -1.86. The lowest BCUT2D eigenvalue weighted by Gasteiger charge is -2.12. The molecule has 3 aromatic rings. The highest BCUT2D eigenvalue weighted by atomic mass is 79.9. The third-order valence-electron chi connectivity index (χ3n) is 3.60.